The molecule has 0 rings (SSSR count). The van der Waals surface area contributed by atoms with Crippen LogP contribution in [0.4, 0.5) is 0 Å². The van der Waals surface area contributed by atoms with E-state index >= 15 is 0 Å². The Morgan fingerprint density at radius 3 is 0.972 bits per heavy atom. The van der Waals surface area contributed by atoms with E-state index in [1.807, 2.05) is 6.08 Å². The summed E-state index contributed by atoms with van der Waals surface area (Å²) < 4.78 is 16.6. The molecule has 0 N–H and O–H groups in total. The van der Waals surface area contributed by atoms with Crippen molar-refractivity contribution in [2.45, 2.75) is 207 Å². The van der Waals surface area contributed by atoms with E-state index in [1.54, 1.807) is 6.08 Å². The minimum Gasteiger partial charge on any atom is -0.462 e. The van der Waals surface area contributed by atoms with Gasteiger partial charge in [0.05, 0.1) is 6.42 Å². The molecule has 0 aromatic carbocycles. The standard InChI is InChI=1S/C65H98O6/c1-4-7-10-13-16-19-22-24-26-27-28-29-30-31-32-33-34-35-36-37-39-40-43-46-49-52-55-58-64(67)70-61-62(60-69-63(66)57-54-51-48-45-42-21-18-15-12-9-6-3)71-65(68)59-56-53-50-47-44-41-38-25-23-20-17-14-11-8-5-2/h7-8,10-11,15-20,24-26,28-29,31-32,34-35,37-39,43-44,46-47,53,56,62H,4-6,9,12-14,21-23,27,30,33,36,40-42,45,48-52,54-55,57-61H2,1-3H3/b10-7-,11-8-,18-15-,19-16-,20-17-,26-24-,29-28-,32-31-,35-34-,38-25-,39-37-,46-43-,47-44-,56-53-. The first kappa shape index (κ1) is 65.8. The molecule has 0 bridgehead atoms. The van der Waals surface area contributed by atoms with Gasteiger partial charge in [0.2, 0.25) is 0 Å². The Hall–Kier alpha value is -5.23. The molecule has 1 unspecified atom stereocenters. The molecule has 0 radical (unpaired) electrons. The Kier molecular flexibility index (Phi) is 53.1. The number of unbranched alkanes of at least 4 members (excludes halogenated alkanes) is 9. The van der Waals surface area contributed by atoms with Crippen LogP contribution < -0.4 is 0 Å². The van der Waals surface area contributed by atoms with Crippen molar-refractivity contribution in [3.63, 3.8) is 0 Å². The lowest BCUT2D eigenvalue weighted by Crippen LogP contribution is -2.30. The molecule has 6 nitrogen and oxygen atoms in total. The van der Waals surface area contributed by atoms with E-state index in [2.05, 4.69) is 179 Å². The number of carbonyl (C=O) groups is 3. The summed E-state index contributed by atoms with van der Waals surface area (Å²) in [5.74, 6) is -1.14. The summed E-state index contributed by atoms with van der Waals surface area (Å²) in [6.45, 7) is 6.21. The maximum atomic E-state index is 12.7. The van der Waals surface area contributed by atoms with Crippen LogP contribution in [0.3, 0.4) is 0 Å². The molecule has 0 aliphatic rings. The van der Waals surface area contributed by atoms with Gasteiger partial charge in [0.15, 0.2) is 6.10 Å². The third-order valence-corrected chi connectivity index (χ3v) is 10.7. The first-order valence-corrected chi connectivity index (χ1v) is 27.6. The molecule has 6 heteroatoms. The molecule has 0 aliphatic heterocycles. The molecular weight excluding hydrogens is 877 g/mol. The normalized spacial score (nSPS) is 13.5. The lowest BCUT2D eigenvalue weighted by Gasteiger charge is -2.18. The quantitative estimate of drug-likeness (QED) is 0.0262. The average molecular weight is 975 g/mol. The molecule has 0 aliphatic carbocycles. The molecule has 0 heterocycles. The van der Waals surface area contributed by atoms with Crippen molar-refractivity contribution < 1.29 is 28.6 Å². The maximum absolute atomic E-state index is 12.7. The number of hydrogen-bond donors (Lipinski definition) is 0. The second kappa shape index (κ2) is 57.3. The van der Waals surface area contributed by atoms with Gasteiger partial charge in [-0.15, -0.1) is 0 Å². The number of carbonyl (C=O) groups excluding carboxylic acids is 3. The van der Waals surface area contributed by atoms with Crippen molar-refractivity contribution >= 4 is 17.9 Å². The molecule has 394 valence electrons. The van der Waals surface area contributed by atoms with Crippen LogP contribution in [0.25, 0.3) is 0 Å². The predicted molar refractivity (Wildman–Crippen MR) is 306 cm³/mol. The number of ether oxygens (including phenoxy) is 3. The Balaban J connectivity index is 4.52. The molecule has 71 heavy (non-hydrogen) atoms. The maximum Gasteiger partial charge on any atom is 0.310 e. The van der Waals surface area contributed by atoms with E-state index in [4.69, 9.17) is 14.2 Å². The molecule has 1 atom stereocenters. The second-order valence-electron chi connectivity index (χ2n) is 17.4. The van der Waals surface area contributed by atoms with Crippen LogP contribution in [-0.2, 0) is 28.6 Å². The Labute approximate surface area is 434 Å². The SMILES string of the molecule is CC/C=C\C/C=C\C/C=C\C/C=C\C/C=C\C/C=C\C/C=C\C/C=C\CCCCC(=O)OCC(COC(=O)CCCCCCC/C=C\CCCC)OC(=O)C/C=C\C/C=C\C/C=C\C/C=C\C/C=C\CC. The zero-order valence-corrected chi connectivity index (χ0v) is 44.9. The predicted octanol–water partition coefficient (Wildman–Crippen LogP) is 18.8. The number of allylic oxidation sites excluding steroid dienone is 27. The summed E-state index contributed by atoms with van der Waals surface area (Å²) in [6.07, 6.45) is 85.2. The lowest BCUT2D eigenvalue weighted by molar-refractivity contribution is -0.166. The molecule has 0 saturated heterocycles. The number of hydrogen-bond acceptors (Lipinski definition) is 6. The van der Waals surface area contributed by atoms with Crippen LogP contribution in [0, 0.1) is 0 Å². The van der Waals surface area contributed by atoms with Gasteiger partial charge in [-0.2, -0.15) is 0 Å². The smallest absolute Gasteiger partial charge is 0.310 e. The highest BCUT2D eigenvalue weighted by atomic mass is 16.6. The van der Waals surface area contributed by atoms with Crippen LogP contribution in [0.5, 0.6) is 0 Å². The summed E-state index contributed by atoms with van der Waals surface area (Å²) in [5.41, 5.74) is 0. The van der Waals surface area contributed by atoms with E-state index < -0.39 is 12.1 Å². The third-order valence-electron chi connectivity index (χ3n) is 10.7. The zero-order valence-electron chi connectivity index (χ0n) is 44.9. The summed E-state index contributed by atoms with van der Waals surface area (Å²) in [5, 5.41) is 0. The fourth-order valence-corrected chi connectivity index (χ4v) is 6.63. The first-order chi connectivity index (χ1) is 35.0. The van der Waals surface area contributed by atoms with Crippen LogP contribution >= 0.6 is 0 Å². The highest BCUT2D eigenvalue weighted by molar-refractivity contribution is 5.72. The molecule has 0 spiro atoms. The van der Waals surface area contributed by atoms with Crippen LogP contribution in [0.2, 0.25) is 0 Å². The van der Waals surface area contributed by atoms with Crippen LogP contribution in [0.1, 0.15) is 201 Å². The van der Waals surface area contributed by atoms with Crippen molar-refractivity contribution in [1.29, 1.82) is 0 Å². The summed E-state index contributed by atoms with van der Waals surface area (Å²) in [6, 6.07) is 0. The molecule has 0 aromatic rings. The van der Waals surface area contributed by atoms with Gasteiger partial charge >= 0.3 is 17.9 Å². The van der Waals surface area contributed by atoms with E-state index in [0.29, 0.717) is 19.3 Å². The average Bonchev–Trinajstić information content (AvgIpc) is 3.37. The van der Waals surface area contributed by atoms with E-state index in [1.165, 1.54) is 19.3 Å². The largest absolute Gasteiger partial charge is 0.462 e. The van der Waals surface area contributed by atoms with E-state index in [9.17, 15) is 14.4 Å². The molecule has 0 aromatic heterocycles. The van der Waals surface area contributed by atoms with Crippen LogP contribution in [0.15, 0.2) is 170 Å². The third kappa shape index (κ3) is 55.6. The van der Waals surface area contributed by atoms with Crippen molar-refractivity contribution in [3.05, 3.63) is 170 Å². The first-order valence-electron chi connectivity index (χ1n) is 27.6. The van der Waals surface area contributed by atoms with Gasteiger partial charge in [-0.1, -0.05) is 223 Å². The minimum atomic E-state index is -0.862. The fourth-order valence-electron chi connectivity index (χ4n) is 6.63. The number of esters is 3. The summed E-state index contributed by atoms with van der Waals surface area (Å²) >= 11 is 0. The fraction of sp³-hybridized carbons (Fsp3) is 0.523. The van der Waals surface area contributed by atoms with Gasteiger partial charge in [-0.3, -0.25) is 14.4 Å². The Morgan fingerprint density at radius 2 is 0.592 bits per heavy atom. The van der Waals surface area contributed by atoms with E-state index in [-0.39, 0.29) is 38.0 Å². The lowest BCUT2D eigenvalue weighted by atomic mass is 10.1. The monoisotopic (exact) mass is 975 g/mol. The minimum absolute atomic E-state index is 0.0766. The molecule has 0 amide bonds. The van der Waals surface area contributed by atoms with Gasteiger partial charge < -0.3 is 14.2 Å². The van der Waals surface area contributed by atoms with E-state index in [0.717, 1.165) is 128 Å². The highest BCUT2D eigenvalue weighted by Crippen LogP contribution is 2.11. The second-order valence-corrected chi connectivity index (χ2v) is 17.4. The van der Waals surface area contributed by atoms with Crippen molar-refractivity contribution in [3.8, 4) is 0 Å². The summed E-state index contributed by atoms with van der Waals surface area (Å²) in [7, 11) is 0. The molecule has 0 saturated carbocycles. The van der Waals surface area contributed by atoms with Crippen molar-refractivity contribution in [2.24, 2.45) is 0 Å². The number of rotatable bonds is 47. The van der Waals surface area contributed by atoms with Gasteiger partial charge in [0.1, 0.15) is 13.2 Å². The molecular formula is C65H98O6. The highest BCUT2D eigenvalue weighted by Gasteiger charge is 2.19. The van der Waals surface area contributed by atoms with Crippen LogP contribution in [-0.4, -0.2) is 37.2 Å². The van der Waals surface area contributed by atoms with Crippen molar-refractivity contribution in [2.75, 3.05) is 13.2 Å². The van der Waals surface area contributed by atoms with Gasteiger partial charge in [-0.05, 0) is 128 Å². The van der Waals surface area contributed by atoms with Gasteiger partial charge in [-0.25, -0.2) is 0 Å². The Bertz CT molecular complexity index is 1690. The van der Waals surface area contributed by atoms with Gasteiger partial charge in [0, 0.05) is 12.8 Å². The van der Waals surface area contributed by atoms with Gasteiger partial charge in [0.25, 0.3) is 0 Å². The Morgan fingerprint density at radius 1 is 0.310 bits per heavy atom. The topological polar surface area (TPSA) is 78.9 Å². The summed E-state index contributed by atoms with van der Waals surface area (Å²) in [4.78, 5) is 37.9. The molecule has 0 fully saturated rings. The zero-order chi connectivity index (χ0) is 51.4. The van der Waals surface area contributed by atoms with Crippen molar-refractivity contribution in [1.82, 2.24) is 0 Å².